The lowest BCUT2D eigenvalue weighted by atomic mass is 10.0. The lowest BCUT2D eigenvalue weighted by Gasteiger charge is -2.21. The molecule has 1 amide bonds. The Bertz CT molecular complexity index is 938. The quantitative estimate of drug-likeness (QED) is 0.420. The van der Waals surface area contributed by atoms with E-state index in [0.29, 0.717) is 29.4 Å². The van der Waals surface area contributed by atoms with Gasteiger partial charge in [-0.2, -0.15) is 0 Å². The first-order valence-corrected chi connectivity index (χ1v) is 10.3. The molecule has 0 bridgehead atoms. The number of esters is 1. The molecule has 2 rings (SSSR count). The highest BCUT2D eigenvalue weighted by molar-refractivity contribution is 6.01. The molecule has 0 aliphatic carbocycles. The molecule has 0 aliphatic rings. The van der Waals surface area contributed by atoms with Crippen molar-refractivity contribution in [3.05, 3.63) is 53.6 Å². The van der Waals surface area contributed by atoms with E-state index in [1.165, 1.54) is 14.2 Å². The van der Waals surface area contributed by atoms with Gasteiger partial charge in [-0.25, -0.2) is 4.79 Å². The molecule has 2 aromatic carbocycles. The van der Waals surface area contributed by atoms with Crippen molar-refractivity contribution < 1.29 is 33.3 Å². The molecule has 0 heterocycles. The molecule has 0 fully saturated rings. The molecule has 1 atom stereocenters. The minimum atomic E-state index is -0.917. The summed E-state index contributed by atoms with van der Waals surface area (Å²) < 4.78 is 20.9. The molecule has 8 nitrogen and oxygen atoms in total. The van der Waals surface area contributed by atoms with Crippen molar-refractivity contribution in [2.75, 3.05) is 27.4 Å². The predicted octanol–water partition coefficient (Wildman–Crippen LogP) is 3.28. The minimum Gasteiger partial charge on any atom is -0.497 e. The van der Waals surface area contributed by atoms with Crippen LogP contribution in [0.15, 0.2) is 42.5 Å². The van der Waals surface area contributed by atoms with Crippen LogP contribution in [0.3, 0.4) is 0 Å². The Kier molecular flexibility index (Phi) is 9.07. The Morgan fingerprint density at radius 3 is 2.16 bits per heavy atom. The number of methoxy groups -OCH3 is 2. The summed E-state index contributed by atoms with van der Waals surface area (Å²) in [6.07, 6.45) is 0. The molecule has 0 aromatic heterocycles. The van der Waals surface area contributed by atoms with Crippen LogP contribution in [0.4, 0.5) is 0 Å². The van der Waals surface area contributed by atoms with Crippen molar-refractivity contribution in [1.82, 2.24) is 5.32 Å². The van der Waals surface area contributed by atoms with Gasteiger partial charge in [0.15, 0.2) is 6.61 Å². The lowest BCUT2D eigenvalue weighted by Crippen LogP contribution is -2.45. The van der Waals surface area contributed by atoms with Crippen LogP contribution in [-0.4, -0.2) is 51.1 Å². The van der Waals surface area contributed by atoms with E-state index in [1.54, 1.807) is 56.3 Å². The average molecular weight is 443 g/mol. The molecule has 2 aromatic rings. The Morgan fingerprint density at radius 1 is 0.938 bits per heavy atom. The van der Waals surface area contributed by atoms with E-state index in [0.717, 1.165) is 0 Å². The summed E-state index contributed by atoms with van der Waals surface area (Å²) in [5.41, 5.74) is 0.645. The van der Waals surface area contributed by atoms with E-state index in [9.17, 15) is 14.4 Å². The third-order valence-corrected chi connectivity index (χ3v) is 4.69. The van der Waals surface area contributed by atoms with Gasteiger partial charge in [0.05, 0.1) is 26.4 Å². The summed E-state index contributed by atoms with van der Waals surface area (Å²) in [5, 5.41) is 2.68. The van der Waals surface area contributed by atoms with Gasteiger partial charge < -0.3 is 24.3 Å². The Hall–Kier alpha value is -3.55. The smallest absolute Gasteiger partial charge is 0.329 e. The summed E-state index contributed by atoms with van der Waals surface area (Å²) in [5.74, 6) is -0.303. The maximum atomic E-state index is 12.6. The Balaban J connectivity index is 2.02. The van der Waals surface area contributed by atoms with Gasteiger partial charge in [0.2, 0.25) is 5.78 Å². The summed E-state index contributed by atoms with van der Waals surface area (Å²) in [6, 6.07) is 10.4. The molecule has 0 unspecified atom stereocenters. The number of amides is 1. The number of nitrogens with one attached hydrogen (secondary N) is 1. The Morgan fingerprint density at radius 2 is 1.59 bits per heavy atom. The summed E-state index contributed by atoms with van der Waals surface area (Å²) >= 11 is 0. The SMILES string of the molecule is CCOc1ccc(C(=O)N[C@H](C(=O)OCC(=O)c2ccc(OC)cc2OC)C(C)C)cc1. The van der Waals surface area contributed by atoms with Crippen molar-refractivity contribution >= 4 is 17.7 Å². The van der Waals surface area contributed by atoms with Gasteiger partial charge in [-0.05, 0) is 49.2 Å². The molecule has 0 aliphatic heterocycles. The van der Waals surface area contributed by atoms with Gasteiger partial charge in [0.25, 0.3) is 5.91 Å². The molecule has 0 spiro atoms. The second-order valence-electron chi connectivity index (χ2n) is 7.25. The fourth-order valence-electron chi connectivity index (χ4n) is 2.92. The van der Waals surface area contributed by atoms with E-state index in [4.69, 9.17) is 18.9 Å². The molecule has 32 heavy (non-hydrogen) atoms. The zero-order valence-electron chi connectivity index (χ0n) is 19.0. The summed E-state index contributed by atoms with van der Waals surface area (Å²) in [7, 11) is 2.94. The number of Topliss-reactive ketones (excluding diaryl/α,β-unsaturated/α-hetero) is 1. The van der Waals surface area contributed by atoms with E-state index in [2.05, 4.69) is 5.32 Å². The highest BCUT2D eigenvalue weighted by Gasteiger charge is 2.27. The number of carbonyl (C=O) groups excluding carboxylic acids is 3. The van der Waals surface area contributed by atoms with Gasteiger partial charge >= 0.3 is 5.97 Å². The van der Waals surface area contributed by atoms with Crippen LogP contribution in [0.1, 0.15) is 41.5 Å². The predicted molar refractivity (Wildman–Crippen MR) is 119 cm³/mol. The number of benzene rings is 2. The van der Waals surface area contributed by atoms with Crippen molar-refractivity contribution in [3.63, 3.8) is 0 Å². The molecule has 8 heteroatoms. The van der Waals surface area contributed by atoms with E-state index in [1.807, 2.05) is 6.92 Å². The van der Waals surface area contributed by atoms with Gasteiger partial charge in [-0.15, -0.1) is 0 Å². The van der Waals surface area contributed by atoms with Crippen LogP contribution < -0.4 is 19.5 Å². The van der Waals surface area contributed by atoms with Gasteiger partial charge in [0.1, 0.15) is 23.3 Å². The fourth-order valence-corrected chi connectivity index (χ4v) is 2.92. The topological polar surface area (TPSA) is 100 Å². The first-order valence-electron chi connectivity index (χ1n) is 10.3. The number of ketones is 1. The number of carbonyl (C=O) groups is 3. The largest absolute Gasteiger partial charge is 0.497 e. The van der Waals surface area contributed by atoms with Crippen LogP contribution in [0.25, 0.3) is 0 Å². The van der Waals surface area contributed by atoms with Crippen LogP contribution in [-0.2, 0) is 9.53 Å². The first-order chi connectivity index (χ1) is 15.3. The van der Waals surface area contributed by atoms with Gasteiger partial charge in [0, 0.05) is 11.6 Å². The number of rotatable bonds is 11. The standard InChI is InChI=1S/C24H29NO7/c1-6-31-17-9-7-16(8-10-17)23(27)25-22(15(2)3)24(28)32-14-20(26)19-12-11-18(29-4)13-21(19)30-5/h7-13,15,22H,6,14H2,1-5H3,(H,25,27)/t22-/m0/s1. The second-order valence-corrected chi connectivity index (χ2v) is 7.25. The summed E-state index contributed by atoms with van der Waals surface area (Å²) in [4.78, 5) is 37.8. The third-order valence-electron chi connectivity index (χ3n) is 4.69. The van der Waals surface area contributed by atoms with E-state index < -0.39 is 30.3 Å². The van der Waals surface area contributed by atoms with Crippen LogP contribution in [0.2, 0.25) is 0 Å². The van der Waals surface area contributed by atoms with Crippen LogP contribution in [0, 0.1) is 5.92 Å². The molecule has 0 radical (unpaired) electrons. The average Bonchev–Trinajstić information content (AvgIpc) is 2.80. The van der Waals surface area contributed by atoms with Crippen molar-refractivity contribution in [3.8, 4) is 17.2 Å². The highest BCUT2D eigenvalue weighted by atomic mass is 16.5. The normalized spacial score (nSPS) is 11.4. The molecular formula is C24H29NO7. The van der Waals surface area contributed by atoms with Crippen LogP contribution in [0.5, 0.6) is 17.2 Å². The van der Waals surface area contributed by atoms with Crippen LogP contribution >= 0.6 is 0 Å². The zero-order chi connectivity index (χ0) is 23.7. The number of hydrogen-bond donors (Lipinski definition) is 1. The van der Waals surface area contributed by atoms with Crippen molar-refractivity contribution in [1.29, 1.82) is 0 Å². The molecule has 172 valence electrons. The number of ether oxygens (including phenoxy) is 4. The van der Waals surface area contributed by atoms with Gasteiger partial charge in [-0.1, -0.05) is 13.8 Å². The first kappa shape index (κ1) is 24.7. The molecule has 1 N–H and O–H groups in total. The number of hydrogen-bond acceptors (Lipinski definition) is 7. The summed E-state index contributed by atoms with van der Waals surface area (Å²) in [6.45, 7) is 5.46. The zero-order valence-corrected chi connectivity index (χ0v) is 19.0. The third kappa shape index (κ3) is 6.47. The molecule has 0 saturated heterocycles. The maximum absolute atomic E-state index is 12.6. The second kappa shape index (κ2) is 11.7. The minimum absolute atomic E-state index is 0.250. The molecular weight excluding hydrogens is 414 g/mol. The van der Waals surface area contributed by atoms with Crippen molar-refractivity contribution in [2.45, 2.75) is 26.8 Å². The fraction of sp³-hybridized carbons (Fsp3) is 0.375. The molecule has 0 saturated carbocycles. The van der Waals surface area contributed by atoms with E-state index >= 15 is 0 Å². The van der Waals surface area contributed by atoms with Gasteiger partial charge in [-0.3, -0.25) is 9.59 Å². The Labute approximate surface area is 187 Å². The monoisotopic (exact) mass is 443 g/mol. The highest BCUT2D eigenvalue weighted by Crippen LogP contribution is 2.25. The maximum Gasteiger partial charge on any atom is 0.329 e. The van der Waals surface area contributed by atoms with Crippen molar-refractivity contribution in [2.24, 2.45) is 5.92 Å². The lowest BCUT2D eigenvalue weighted by molar-refractivity contribution is -0.145. The van der Waals surface area contributed by atoms with E-state index in [-0.39, 0.29) is 11.5 Å².